The van der Waals surface area contributed by atoms with E-state index in [1.807, 2.05) is 24.3 Å². The van der Waals surface area contributed by atoms with Gasteiger partial charge in [0.05, 0.1) is 12.2 Å². The Kier molecular flexibility index (Phi) is 39.9. The summed E-state index contributed by atoms with van der Waals surface area (Å²) in [5, 5.41) is 19.1. The Morgan fingerprint density at radius 2 is 0.722 bits per heavy atom. The van der Waals surface area contributed by atoms with Gasteiger partial charge in [0, 0.05) is 19.8 Å². The first-order valence-electron chi connectivity index (χ1n) is 30.4. The molecule has 0 heterocycles. The highest BCUT2D eigenvalue weighted by Crippen LogP contribution is 2.32. The summed E-state index contributed by atoms with van der Waals surface area (Å²) in [7, 11) is 0. The molecule has 5 aliphatic rings. The first-order valence-corrected chi connectivity index (χ1v) is 30.4. The highest BCUT2D eigenvalue weighted by molar-refractivity contribution is 5.91. The average Bonchev–Trinajstić information content (AvgIpc) is 3.29. The van der Waals surface area contributed by atoms with E-state index in [1.165, 1.54) is 208 Å². The van der Waals surface area contributed by atoms with Crippen LogP contribution in [-0.2, 0) is 19.1 Å². The topological polar surface area (TPSA) is 101 Å². The van der Waals surface area contributed by atoms with Gasteiger partial charge in [0.1, 0.15) is 6.10 Å². The molecule has 6 nitrogen and oxygen atoms in total. The zero-order chi connectivity index (χ0) is 53.5. The maximum absolute atomic E-state index is 11.3. The number of ether oxygens (including phenoxy) is 1. The Labute approximate surface area is 445 Å². The summed E-state index contributed by atoms with van der Waals surface area (Å²) < 4.78 is 5.26. The van der Waals surface area contributed by atoms with E-state index in [9.17, 15) is 24.6 Å². The summed E-state index contributed by atoms with van der Waals surface area (Å²) in [6.07, 6.45) is 51.6. The largest absolute Gasteiger partial charge is 0.458 e. The first kappa shape index (κ1) is 67.4. The molecule has 0 fully saturated rings. The molecular weight excluding hydrogens is 889 g/mol. The van der Waals surface area contributed by atoms with Crippen LogP contribution in [-0.4, -0.2) is 46.1 Å². The van der Waals surface area contributed by atoms with Crippen molar-refractivity contribution >= 4 is 17.5 Å². The van der Waals surface area contributed by atoms with E-state index in [-0.39, 0.29) is 24.3 Å². The Bertz CT molecular complexity index is 1600. The number of carbonyl (C=O) groups excluding carboxylic acids is 3. The molecule has 0 radical (unpaired) electrons. The third-order valence-corrected chi connectivity index (χ3v) is 15.4. The van der Waals surface area contributed by atoms with Gasteiger partial charge >= 0.3 is 5.97 Å². The minimum absolute atomic E-state index is 0.0260. The van der Waals surface area contributed by atoms with Gasteiger partial charge in [-0.15, -0.1) is 0 Å². The smallest absolute Gasteiger partial charge is 0.303 e. The third-order valence-electron chi connectivity index (χ3n) is 15.4. The van der Waals surface area contributed by atoms with Crippen LogP contribution in [0, 0.1) is 29.6 Å². The van der Waals surface area contributed by atoms with Crippen LogP contribution in [0.1, 0.15) is 294 Å². The highest BCUT2D eigenvalue weighted by atomic mass is 16.5. The lowest BCUT2D eigenvalue weighted by Crippen LogP contribution is -2.22. The summed E-state index contributed by atoms with van der Waals surface area (Å²) in [4.78, 5) is 33.5. The molecule has 0 aromatic rings. The number of allylic oxidation sites excluding steroid dienone is 7. The fraction of sp³-hybridized carbons (Fsp3) is 0.803. The maximum atomic E-state index is 11.3. The molecule has 0 aliphatic heterocycles. The predicted octanol–water partition coefficient (Wildman–Crippen LogP) is 19.0. The molecule has 0 spiro atoms. The van der Waals surface area contributed by atoms with Crippen molar-refractivity contribution in [3.8, 4) is 0 Å². The van der Waals surface area contributed by atoms with E-state index in [1.54, 1.807) is 0 Å². The standard InChI is InChI=1S/C14H26O.C14H24O.C13H22O2.C13H22O.C12H22O/c2*1-3-4-5-6-7-8-13-9-12(2)10-14(15)11-13;1-4-5-6-12-7-10(2)8-13(9-12)15-11(3)14;1-3-4-5-6-7-12-8-11(2)9-13(14)10-12;1-3-4-5-6-11-7-10(2)8-12(13)9-11/h10,13-15H,3-9,11H2,1-2H3;10,13H,3-9,11H2,1-2H3;8,12-13H,4-7,9H2,1-3H3;9,12H,3-8,10H2,1-2H3;8,11-13H,3-7,9H2,1-2H3. The number of aliphatic hydroxyl groups excluding tert-OH is 2. The van der Waals surface area contributed by atoms with Gasteiger partial charge in [-0.25, -0.2) is 0 Å². The van der Waals surface area contributed by atoms with E-state index < -0.39 is 0 Å². The van der Waals surface area contributed by atoms with Crippen molar-refractivity contribution in [1.29, 1.82) is 0 Å². The lowest BCUT2D eigenvalue weighted by molar-refractivity contribution is -0.145. The van der Waals surface area contributed by atoms with Crippen LogP contribution in [0.4, 0.5) is 0 Å². The van der Waals surface area contributed by atoms with Gasteiger partial charge in [-0.2, -0.15) is 0 Å². The van der Waals surface area contributed by atoms with Gasteiger partial charge in [0.2, 0.25) is 0 Å². The molecule has 0 amide bonds. The molecule has 5 rings (SSSR count). The molecule has 0 saturated heterocycles. The molecule has 2 N–H and O–H groups in total. The quantitative estimate of drug-likeness (QED) is 0.0537. The molecule has 0 aromatic carbocycles. The van der Waals surface area contributed by atoms with E-state index >= 15 is 0 Å². The van der Waals surface area contributed by atoms with E-state index in [4.69, 9.17) is 4.74 Å². The van der Waals surface area contributed by atoms with Crippen LogP contribution in [0.2, 0.25) is 0 Å². The van der Waals surface area contributed by atoms with Gasteiger partial charge in [-0.3, -0.25) is 14.4 Å². The minimum atomic E-state index is -0.167. The molecule has 6 heteroatoms. The zero-order valence-electron chi connectivity index (χ0n) is 49.1. The van der Waals surface area contributed by atoms with Gasteiger partial charge in [0.15, 0.2) is 11.6 Å². The van der Waals surface area contributed by atoms with Crippen molar-refractivity contribution in [3.63, 3.8) is 0 Å². The van der Waals surface area contributed by atoms with Gasteiger partial charge in [0.25, 0.3) is 0 Å². The van der Waals surface area contributed by atoms with Crippen LogP contribution >= 0.6 is 0 Å². The second-order valence-electron chi connectivity index (χ2n) is 23.6. The van der Waals surface area contributed by atoms with Crippen molar-refractivity contribution in [2.45, 2.75) is 313 Å². The number of ketones is 2. The maximum Gasteiger partial charge on any atom is 0.303 e. The normalized spacial score (nSPS) is 24.9. The lowest BCUT2D eigenvalue weighted by atomic mass is 9.84. The molecule has 416 valence electrons. The van der Waals surface area contributed by atoms with Crippen LogP contribution in [0.15, 0.2) is 58.2 Å². The highest BCUT2D eigenvalue weighted by Gasteiger charge is 2.23. The first-order chi connectivity index (χ1) is 34.5. The van der Waals surface area contributed by atoms with Crippen LogP contribution in [0.25, 0.3) is 0 Å². The third kappa shape index (κ3) is 36.4. The van der Waals surface area contributed by atoms with Crippen molar-refractivity contribution in [3.05, 3.63) is 58.2 Å². The van der Waals surface area contributed by atoms with Crippen LogP contribution < -0.4 is 0 Å². The van der Waals surface area contributed by atoms with E-state index in [0.717, 1.165) is 56.8 Å². The number of esters is 1. The van der Waals surface area contributed by atoms with Crippen molar-refractivity contribution in [2.24, 2.45) is 29.6 Å². The van der Waals surface area contributed by atoms with Gasteiger partial charge < -0.3 is 14.9 Å². The van der Waals surface area contributed by atoms with Crippen molar-refractivity contribution in [1.82, 2.24) is 0 Å². The van der Waals surface area contributed by atoms with Crippen LogP contribution in [0.3, 0.4) is 0 Å². The molecule has 0 bridgehead atoms. The number of aliphatic hydroxyl groups is 2. The Morgan fingerprint density at radius 1 is 0.417 bits per heavy atom. The molecule has 8 unspecified atom stereocenters. The zero-order valence-corrected chi connectivity index (χ0v) is 49.1. The molecule has 72 heavy (non-hydrogen) atoms. The SMILES string of the molecule is CCCCC1CC(C)=CC(OC(C)=O)C1.CCCCCC1CC(C)=CC(O)C1.CCCCCCC1CC(=O)C=C(C)C1.CCCCCCCC1CC(=O)C=C(C)C1.CCCCCCCC1CC(C)=CC(O)C1. The summed E-state index contributed by atoms with van der Waals surface area (Å²) in [6, 6.07) is 0. The summed E-state index contributed by atoms with van der Waals surface area (Å²) in [6.45, 7) is 23.2. The Hall–Kier alpha value is -2.57. The lowest BCUT2D eigenvalue weighted by Gasteiger charge is -2.27. The fourth-order valence-corrected chi connectivity index (χ4v) is 11.9. The number of unbranched alkanes of at least 4 members (excludes halogenated alkanes) is 14. The van der Waals surface area contributed by atoms with Crippen LogP contribution in [0.5, 0.6) is 0 Å². The average molecular weight is 1010 g/mol. The summed E-state index contributed by atoms with van der Waals surface area (Å²) in [5.74, 6) is 4.00. The Morgan fingerprint density at radius 3 is 1.10 bits per heavy atom. The minimum Gasteiger partial charge on any atom is -0.458 e. The molecule has 5 aliphatic carbocycles. The number of hydrogen-bond donors (Lipinski definition) is 2. The predicted molar refractivity (Wildman–Crippen MR) is 309 cm³/mol. The van der Waals surface area contributed by atoms with Crippen molar-refractivity contribution < 1.29 is 29.3 Å². The Balaban J connectivity index is 0.000000450. The molecule has 8 atom stereocenters. The monoisotopic (exact) mass is 1000 g/mol. The second-order valence-corrected chi connectivity index (χ2v) is 23.6. The van der Waals surface area contributed by atoms with Gasteiger partial charge in [-0.05, 0) is 147 Å². The van der Waals surface area contributed by atoms with Crippen molar-refractivity contribution in [2.75, 3.05) is 0 Å². The van der Waals surface area contributed by atoms with E-state index in [0.29, 0.717) is 29.3 Å². The second kappa shape index (κ2) is 42.6. The molecule has 0 aromatic heterocycles. The molecular formula is C66H116O6. The summed E-state index contributed by atoms with van der Waals surface area (Å²) in [5.41, 5.74) is 6.69. The van der Waals surface area contributed by atoms with Gasteiger partial charge in [-0.1, -0.05) is 216 Å². The van der Waals surface area contributed by atoms with E-state index in [2.05, 4.69) is 75.3 Å². The molecule has 0 saturated carbocycles. The summed E-state index contributed by atoms with van der Waals surface area (Å²) >= 11 is 0. The fourth-order valence-electron chi connectivity index (χ4n) is 11.9. The number of carbonyl (C=O) groups is 3. The number of rotatable bonds is 25. The number of hydrogen-bond acceptors (Lipinski definition) is 6.